The fourth-order valence-electron chi connectivity index (χ4n) is 5.72. The average Bonchev–Trinajstić information content (AvgIpc) is 3.38. The van der Waals surface area contributed by atoms with Gasteiger partial charge in [-0.2, -0.15) is 0 Å². The second-order valence-electron chi connectivity index (χ2n) is 9.77. The molecule has 5 rings (SSSR count). The third kappa shape index (κ3) is 4.20. The van der Waals surface area contributed by atoms with Crippen molar-refractivity contribution >= 4 is 22.6 Å². The van der Waals surface area contributed by atoms with Crippen LogP contribution in [0.25, 0.3) is 10.9 Å². The van der Waals surface area contributed by atoms with E-state index in [1.165, 1.54) is 12.1 Å². The number of nitrogens with zero attached hydrogens (tertiary/aromatic N) is 1. The molecule has 2 aromatic carbocycles. The molecule has 2 atom stereocenters. The number of halogens is 1. The number of amides is 1. The molecule has 2 aliphatic heterocycles. The number of carbonyl (C=O) groups is 2. The Morgan fingerprint density at radius 2 is 1.88 bits per heavy atom. The lowest BCUT2D eigenvalue weighted by molar-refractivity contribution is -0.130. The second-order valence-corrected chi connectivity index (χ2v) is 9.77. The Labute approximate surface area is 193 Å². The van der Waals surface area contributed by atoms with Gasteiger partial charge in [-0.3, -0.25) is 9.59 Å². The van der Waals surface area contributed by atoms with Crippen LogP contribution in [-0.4, -0.2) is 47.8 Å². The van der Waals surface area contributed by atoms with E-state index in [0.717, 1.165) is 48.9 Å². The molecule has 0 bridgehead atoms. The lowest BCUT2D eigenvalue weighted by atomic mass is 9.68. The minimum Gasteiger partial charge on any atom is -0.355 e. The summed E-state index contributed by atoms with van der Waals surface area (Å²) in [6.45, 7) is 5.23. The minimum absolute atomic E-state index is 0.0776. The van der Waals surface area contributed by atoms with E-state index in [2.05, 4.69) is 22.1 Å². The van der Waals surface area contributed by atoms with Gasteiger partial charge in [-0.05, 0) is 61.7 Å². The van der Waals surface area contributed by atoms with Crippen molar-refractivity contribution in [3.8, 4) is 0 Å². The molecule has 5 nitrogen and oxygen atoms in total. The van der Waals surface area contributed by atoms with Gasteiger partial charge in [0.05, 0.1) is 11.1 Å². The summed E-state index contributed by atoms with van der Waals surface area (Å²) in [6.07, 6.45) is 2.06. The largest absolute Gasteiger partial charge is 0.355 e. The topological polar surface area (TPSA) is 65.2 Å². The van der Waals surface area contributed by atoms with Crippen molar-refractivity contribution in [3.05, 3.63) is 71.7 Å². The summed E-state index contributed by atoms with van der Waals surface area (Å²) < 4.78 is 13.4. The zero-order valence-corrected chi connectivity index (χ0v) is 18.9. The van der Waals surface area contributed by atoms with Crippen LogP contribution in [0, 0.1) is 17.2 Å². The number of fused-ring (bicyclic) bond motifs is 1. The van der Waals surface area contributed by atoms with Gasteiger partial charge in [0.15, 0.2) is 5.78 Å². The second kappa shape index (κ2) is 8.75. The number of aromatic nitrogens is 1. The predicted molar refractivity (Wildman–Crippen MR) is 127 cm³/mol. The molecule has 2 N–H and O–H groups in total. The summed E-state index contributed by atoms with van der Waals surface area (Å²) in [7, 11) is 0. The Balaban J connectivity index is 1.19. The van der Waals surface area contributed by atoms with Crippen molar-refractivity contribution in [3.63, 3.8) is 0 Å². The van der Waals surface area contributed by atoms with E-state index in [4.69, 9.17) is 0 Å². The van der Waals surface area contributed by atoms with Crippen LogP contribution in [0.3, 0.4) is 0 Å². The summed E-state index contributed by atoms with van der Waals surface area (Å²) in [5, 5.41) is 4.11. The first-order valence-corrected chi connectivity index (χ1v) is 11.8. The van der Waals surface area contributed by atoms with Crippen LogP contribution in [0.15, 0.2) is 54.6 Å². The summed E-state index contributed by atoms with van der Waals surface area (Å²) >= 11 is 0. The smallest absolute Gasteiger partial charge is 0.227 e. The fraction of sp³-hybridized carbons (Fsp3) is 0.407. The molecule has 0 radical (unpaired) electrons. The lowest BCUT2D eigenvalue weighted by Crippen LogP contribution is -2.47. The highest BCUT2D eigenvalue weighted by molar-refractivity contribution is 5.99. The fourth-order valence-corrected chi connectivity index (χ4v) is 5.72. The Bertz CT molecular complexity index is 1130. The first kappa shape index (κ1) is 21.8. The maximum atomic E-state index is 13.4. The molecule has 6 heteroatoms. The number of hydrogen-bond acceptors (Lipinski definition) is 3. The number of aromatic amines is 1. The molecule has 33 heavy (non-hydrogen) atoms. The number of nitrogens with one attached hydrogen (secondary N) is 2. The maximum Gasteiger partial charge on any atom is 0.227 e. The number of ketones is 1. The van der Waals surface area contributed by atoms with Gasteiger partial charge in [0.2, 0.25) is 5.91 Å². The van der Waals surface area contributed by atoms with Gasteiger partial charge >= 0.3 is 0 Å². The monoisotopic (exact) mass is 447 g/mol. The van der Waals surface area contributed by atoms with Gasteiger partial charge < -0.3 is 15.2 Å². The molecule has 0 unspecified atom stereocenters. The number of likely N-dealkylation sites (tertiary alicyclic amines) is 1. The van der Waals surface area contributed by atoms with Crippen molar-refractivity contribution in [1.82, 2.24) is 15.2 Å². The highest BCUT2D eigenvalue weighted by Crippen LogP contribution is 2.47. The van der Waals surface area contributed by atoms with Crippen molar-refractivity contribution in [1.29, 1.82) is 0 Å². The van der Waals surface area contributed by atoms with Crippen molar-refractivity contribution in [2.75, 3.05) is 26.2 Å². The van der Waals surface area contributed by atoms with E-state index < -0.39 is 5.41 Å². The van der Waals surface area contributed by atoms with Crippen molar-refractivity contribution in [2.45, 2.75) is 32.1 Å². The van der Waals surface area contributed by atoms with Crippen molar-refractivity contribution in [2.24, 2.45) is 11.3 Å². The van der Waals surface area contributed by atoms with Crippen LogP contribution < -0.4 is 5.32 Å². The zero-order valence-electron chi connectivity index (χ0n) is 18.9. The summed E-state index contributed by atoms with van der Waals surface area (Å²) in [4.78, 5) is 31.3. The number of benzene rings is 2. The minimum atomic E-state index is -0.419. The molecule has 0 aliphatic carbocycles. The van der Waals surface area contributed by atoms with Gasteiger partial charge in [-0.15, -0.1) is 0 Å². The number of piperidine rings is 1. The molecule has 1 spiro atoms. The molecule has 2 fully saturated rings. The van der Waals surface area contributed by atoms with Crippen LogP contribution in [-0.2, 0) is 4.79 Å². The highest BCUT2D eigenvalue weighted by atomic mass is 19.1. The normalized spacial score (nSPS) is 21.4. The molecular weight excluding hydrogens is 417 g/mol. The molecule has 1 aromatic heterocycles. The third-order valence-electron chi connectivity index (χ3n) is 7.54. The standard InChI is InChI=1S/C27H30FN3O2/c1-18(14-25(32)24-15-20-4-2-3-5-23(20)30-24)17-31-12-10-27(11-13-31)22(16-29-26(27)33)19-6-8-21(28)9-7-19/h2-9,15,18,22,30H,10-14,16-17H2,1H3,(H,29,33)/t18-,22-/m1/s1. The molecule has 172 valence electrons. The predicted octanol–water partition coefficient (Wildman–Crippen LogP) is 4.51. The summed E-state index contributed by atoms with van der Waals surface area (Å²) in [5.41, 5.74) is 2.27. The molecule has 2 aliphatic rings. The number of para-hydroxylation sites is 1. The van der Waals surface area contributed by atoms with E-state index in [1.54, 1.807) is 0 Å². The number of rotatable bonds is 6. The average molecular weight is 448 g/mol. The SMILES string of the molecule is C[C@H](CC(=O)c1cc2ccccc2[nH]1)CN1CCC2(CC1)C(=O)NC[C@@H]2c1ccc(F)cc1. The molecule has 3 heterocycles. The first-order chi connectivity index (χ1) is 15.9. The summed E-state index contributed by atoms with van der Waals surface area (Å²) in [5.74, 6) is 0.310. The van der Waals surface area contributed by atoms with Gasteiger partial charge in [-0.1, -0.05) is 37.3 Å². The van der Waals surface area contributed by atoms with Crippen molar-refractivity contribution < 1.29 is 14.0 Å². The Kier molecular flexibility index (Phi) is 5.79. The van der Waals surface area contributed by atoms with Gasteiger partial charge in [0.1, 0.15) is 5.82 Å². The van der Waals surface area contributed by atoms with Crippen LogP contribution in [0.5, 0.6) is 0 Å². The highest BCUT2D eigenvalue weighted by Gasteiger charge is 2.51. The Morgan fingerprint density at radius 1 is 1.15 bits per heavy atom. The first-order valence-electron chi connectivity index (χ1n) is 11.8. The number of Topliss-reactive ketones (excluding diaryl/α,β-unsaturated/α-hetero) is 1. The number of carbonyl (C=O) groups excluding carboxylic acids is 2. The zero-order chi connectivity index (χ0) is 23.0. The van der Waals surface area contributed by atoms with E-state index in [0.29, 0.717) is 18.7 Å². The van der Waals surface area contributed by atoms with E-state index in [1.807, 2.05) is 42.5 Å². The molecule has 2 saturated heterocycles. The molecule has 0 saturated carbocycles. The van der Waals surface area contributed by atoms with E-state index >= 15 is 0 Å². The van der Waals surface area contributed by atoms with Gasteiger partial charge in [0.25, 0.3) is 0 Å². The van der Waals surface area contributed by atoms with Crippen LogP contribution >= 0.6 is 0 Å². The Hall–Kier alpha value is -2.99. The maximum absolute atomic E-state index is 13.4. The lowest BCUT2D eigenvalue weighted by Gasteiger charge is -2.41. The molecule has 3 aromatic rings. The van der Waals surface area contributed by atoms with E-state index in [9.17, 15) is 14.0 Å². The Morgan fingerprint density at radius 3 is 2.61 bits per heavy atom. The van der Waals surface area contributed by atoms with E-state index in [-0.39, 0.29) is 29.3 Å². The third-order valence-corrected chi connectivity index (χ3v) is 7.54. The van der Waals surface area contributed by atoms with Gasteiger partial charge in [0, 0.05) is 36.3 Å². The molecular formula is C27H30FN3O2. The van der Waals surface area contributed by atoms with Gasteiger partial charge in [-0.25, -0.2) is 4.39 Å². The van der Waals surface area contributed by atoms with Crippen LogP contribution in [0.2, 0.25) is 0 Å². The molecule has 1 amide bonds. The number of H-pyrrole nitrogens is 1. The summed E-state index contributed by atoms with van der Waals surface area (Å²) in [6, 6.07) is 16.4. The quantitative estimate of drug-likeness (QED) is 0.547. The number of hydrogen-bond donors (Lipinski definition) is 2. The van der Waals surface area contributed by atoms with Crippen LogP contribution in [0.4, 0.5) is 4.39 Å². The van der Waals surface area contributed by atoms with Crippen LogP contribution in [0.1, 0.15) is 48.2 Å².